The van der Waals surface area contributed by atoms with Crippen LogP contribution in [-0.4, -0.2) is 10.5 Å². The van der Waals surface area contributed by atoms with Crippen LogP contribution in [0.4, 0.5) is 5.69 Å². The number of nitrogen functional groups attached to an aromatic ring is 1. The molecule has 1 amide bonds. The van der Waals surface area contributed by atoms with Gasteiger partial charge in [-0.25, -0.2) is 0 Å². The molecule has 4 heteroatoms. The Labute approximate surface area is 64.8 Å². The van der Waals surface area contributed by atoms with Crippen molar-refractivity contribution in [2.24, 2.45) is 12.8 Å². The maximum Gasteiger partial charge on any atom is 0.267 e. The monoisotopic (exact) mass is 153 g/mol. The minimum atomic E-state index is -0.488. The second-order valence-electron chi connectivity index (χ2n) is 2.55. The molecule has 1 heterocycles. The van der Waals surface area contributed by atoms with Crippen LogP contribution in [0.5, 0.6) is 0 Å². The molecule has 1 aromatic heterocycles. The van der Waals surface area contributed by atoms with Gasteiger partial charge in [-0.1, -0.05) is 0 Å². The number of aryl methyl sites for hydroxylation is 2. The third-order valence-electron chi connectivity index (χ3n) is 1.65. The molecule has 0 fully saturated rings. The maximum absolute atomic E-state index is 10.8. The van der Waals surface area contributed by atoms with Crippen molar-refractivity contribution < 1.29 is 4.79 Å². The Morgan fingerprint density at radius 3 is 2.36 bits per heavy atom. The average molecular weight is 153 g/mol. The fraction of sp³-hybridized carbons (Fsp3) is 0.286. The van der Waals surface area contributed by atoms with Crippen LogP contribution >= 0.6 is 0 Å². The number of hydrogen-bond acceptors (Lipinski definition) is 2. The number of nitrogens with two attached hydrogens (primary N) is 2. The third-order valence-corrected chi connectivity index (χ3v) is 1.65. The highest BCUT2D eigenvalue weighted by molar-refractivity contribution is 5.97. The van der Waals surface area contributed by atoms with Crippen LogP contribution < -0.4 is 11.5 Å². The van der Waals surface area contributed by atoms with Gasteiger partial charge >= 0.3 is 0 Å². The normalized spacial score (nSPS) is 10.0. The summed E-state index contributed by atoms with van der Waals surface area (Å²) in [6.45, 7) is 1.84. The van der Waals surface area contributed by atoms with Gasteiger partial charge in [0.15, 0.2) is 0 Å². The van der Waals surface area contributed by atoms with Crippen LogP contribution in [0.25, 0.3) is 0 Å². The molecule has 1 aromatic rings. The third kappa shape index (κ3) is 1.07. The van der Waals surface area contributed by atoms with E-state index in [1.54, 1.807) is 17.8 Å². The van der Waals surface area contributed by atoms with Crippen molar-refractivity contribution >= 4 is 11.6 Å². The highest BCUT2D eigenvalue weighted by atomic mass is 16.1. The van der Waals surface area contributed by atoms with Crippen molar-refractivity contribution in [3.8, 4) is 0 Å². The molecule has 0 spiro atoms. The molecule has 1 rings (SSSR count). The first-order chi connectivity index (χ1) is 5.04. The predicted molar refractivity (Wildman–Crippen MR) is 43.1 cm³/mol. The van der Waals surface area contributed by atoms with Gasteiger partial charge in [-0.2, -0.15) is 0 Å². The average Bonchev–Trinajstić information content (AvgIpc) is 2.07. The topological polar surface area (TPSA) is 74.0 Å². The van der Waals surface area contributed by atoms with E-state index in [0.29, 0.717) is 11.4 Å². The second-order valence-corrected chi connectivity index (χ2v) is 2.55. The van der Waals surface area contributed by atoms with Crippen molar-refractivity contribution in [2.75, 3.05) is 5.73 Å². The van der Waals surface area contributed by atoms with Crippen LogP contribution in [-0.2, 0) is 7.05 Å². The summed E-state index contributed by atoms with van der Waals surface area (Å²) in [5, 5.41) is 0. The van der Waals surface area contributed by atoms with Crippen molar-refractivity contribution in [3.05, 3.63) is 17.5 Å². The molecule has 4 nitrogen and oxygen atoms in total. The zero-order valence-corrected chi connectivity index (χ0v) is 6.59. The lowest BCUT2D eigenvalue weighted by Crippen LogP contribution is -2.16. The molecule has 0 bridgehead atoms. The molecule has 4 N–H and O–H groups in total. The lowest BCUT2D eigenvalue weighted by atomic mass is 10.3. The van der Waals surface area contributed by atoms with Crippen LogP contribution in [0.2, 0.25) is 0 Å². The van der Waals surface area contributed by atoms with Gasteiger partial charge in [-0.05, 0) is 12.5 Å². The molecular formula is C7H11N3O. The molecule has 60 valence electrons. The van der Waals surface area contributed by atoms with Crippen LogP contribution in [0.1, 0.15) is 16.1 Å². The van der Waals surface area contributed by atoms with Gasteiger partial charge in [0, 0.05) is 13.2 Å². The molecular weight excluding hydrogens is 142 g/mol. The van der Waals surface area contributed by atoms with Crippen LogP contribution in [0.3, 0.4) is 0 Å². The van der Waals surface area contributed by atoms with E-state index >= 15 is 0 Å². The van der Waals surface area contributed by atoms with Crippen molar-refractivity contribution in [1.29, 1.82) is 0 Å². The minimum Gasteiger partial charge on any atom is -0.397 e. The largest absolute Gasteiger partial charge is 0.397 e. The molecule has 0 atom stereocenters. The first-order valence-electron chi connectivity index (χ1n) is 3.25. The van der Waals surface area contributed by atoms with E-state index in [1.165, 1.54) is 0 Å². The van der Waals surface area contributed by atoms with E-state index < -0.39 is 5.91 Å². The second kappa shape index (κ2) is 2.30. The summed E-state index contributed by atoms with van der Waals surface area (Å²) in [4.78, 5) is 10.8. The molecule has 0 aliphatic rings. The van der Waals surface area contributed by atoms with E-state index in [4.69, 9.17) is 11.5 Å². The molecule has 11 heavy (non-hydrogen) atoms. The number of aromatic nitrogens is 1. The summed E-state index contributed by atoms with van der Waals surface area (Å²) in [6.07, 6.45) is 1.77. The fourth-order valence-electron chi connectivity index (χ4n) is 1.11. The van der Waals surface area contributed by atoms with E-state index in [0.717, 1.165) is 5.56 Å². The zero-order chi connectivity index (χ0) is 8.59. The Bertz CT molecular complexity index is 301. The molecule has 0 aromatic carbocycles. The highest BCUT2D eigenvalue weighted by Crippen LogP contribution is 2.16. The van der Waals surface area contributed by atoms with Crippen molar-refractivity contribution in [3.63, 3.8) is 0 Å². The Kier molecular flexibility index (Phi) is 1.60. The first-order valence-corrected chi connectivity index (χ1v) is 3.25. The van der Waals surface area contributed by atoms with E-state index in [-0.39, 0.29) is 0 Å². The van der Waals surface area contributed by atoms with Crippen molar-refractivity contribution in [1.82, 2.24) is 4.57 Å². The zero-order valence-electron chi connectivity index (χ0n) is 6.59. The molecule has 0 saturated heterocycles. The number of carbonyl (C=O) groups excluding carboxylic acids is 1. The lowest BCUT2D eigenvalue weighted by Gasteiger charge is -1.97. The number of rotatable bonds is 1. The number of hydrogen-bond donors (Lipinski definition) is 2. The Balaban J connectivity index is 3.34. The van der Waals surface area contributed by atoms with Gasteiger partial charge in [-0.15, -0.1) is 0 Å². The smallest absolute Gasteiger partial charge is 0.267 e. The van der Waals surface area contributed by atoms with Gasteiger partial charge in [0.05, 0.1) is 5.69 Å². The predicted octanol–water partition coefficient (Wildman–Crippen LogP) is 0.0146. The summed E-state index contributed by atoms with van der Waals surface area (Å²) in [6, 6.07) is 0. The van der Waals surface area contributed by atoms with E-state index in [9.17, 15) is 4.79 Å². The lowest BCUT2D eigenvalue weighted by molar-refractivity contribution is 0.0993. The summed E-state index contributed by atoms with van der Waals surface area (Å²) in [5.74, 6) is -0.488. The number of nitrogens with zero attached hydrogens (tertiary/aromatic N) is 1. The molecule has 0 aliphatic carbocycles. The Hall–Kier alpha value is -1.45. The van der Waals surface area contributed by atoms with Gasteiger partial charge < -0.3 is 16.0 Å². The van der Waals surface area contributed by atoms with Gasteiger partial charge in [0.25, 0.3) is 5.91 Å². The summed E-state index contributed by atoms with van der Waals surface area (Å²) >= 11 is 0. The summed E-state index contributed by atoms with van der Waals surface area (Å²) in [7, 11) is 1.74. The molecule has 0 unspecified atom stereocenters. The van der Waals surface area contributed by atoms with E-state index in [2.05, 4.69) is 0 Å². The summed E-state index contributed by atoms with van der Waals surface area (Å²) in [5.41, 5.74) is 12.4. The number of carbonyl (C=O) groups is 1. The maximum atomic E-state index is 10.8. The van der Waals surface area contributed by atoms with Gasteiger partial charge in [0.2, 0.25) is 0 Å². The van der Waals surface area contributed by atoms with Gasteiger partial charge in [0.1, 0.15) is 5.69 Å². The van der Waals surface area contributed by atoms with Crippen molar-refractivity contribution in [2.45, 2.75) is 6.92 Å². The summed E-state index contributed by atoms with van der Waals surface area (Å²) < 4.78 is 1.63. The molecule has 0 radical (unpaired) electrons. The Morgan fingerprint density at radius 1 is 1.64 bits per heavy atom. The SMILES string of the molecule is Cc1cn(C)c(C(N)=O)c1N. The van der Waals surface area contributed by atoms with Gasteiger partial charge in [-0.3, -0.25) is 4.79 Å². The van der Waals surface area contributed by atoms with Crippen LogP contribution in [0.15, 0.2) is 6.20 Å². The fourth-order valence-corrected chi connectivity index (χ4v) is 1.11. The minimum absolute atomic E-state index is 0.377. The quantitative estimate of drug-likeness (QED) is 0.596. The molecule has 0 aliphatic heterocycles. The number of anilines is 1. The highest BCUT2D eigenvalue weighted by Gasteiger charge is 2.12. The first kappa shape index (κ1) is 7.65. The van der Waals surface area contributed by atoms with Crippen LogP contribution in [0, 0.1) is 6.92 Å². The standard InChI is InChI=1S/C7H11N3O/c1-4-3-10(2)6(5(4)8)7(9)11/h3H,8H2,1-2H3,(H2,9,11). The van der Waals surface area contributed by atoms with E-state index in [1.807, 2.05) is 6.92 Å². The molecule has 0 saturated carbocycles. The number of primary amides is 1. The Morgan fingerprint density at radius 2 is 2.18 bits per heavy atom. The number of amides is 1.